The zero-order chi connectivity index (χ0) is 12.4. The van der Waals surface area contributed by atoms with Gasteiger partial charge >= 0.3 is 0 Å². The van der Waals surface area contributed by atoms with Crippen molar-refractivity contribution < 1.29 is 9.45 Å². The summed E-state index contributed by atoms with van der Waals surface area (Å²) in [6.45, 7) is 1.69. The van der Waals surface area contributed by atoms with Crippen molar-refractivity contribution >= 4 is 17.3 Å². The third kappa shape index (κ3) is 2.26. The number of aromatic nitrogens is 2. The highest BCUT2D eigenvalue weighted by molar-refractivity contribution is 6.20. The fraction of sp³-hybridized carbons (Fsp3) is 0.200. The number of rotatable bonds is 3. The third-order valence-corrected chi connectivity index (χ3v) is 2.32. The van der Waals surface area contributed by atoms with Crippen molar-refractivity contribution in [3.63, 3.8) is 0 Å². The van der Waals surface area contributed by atoms with Gasteiger partial charge in [-0.1, -0.05) is 17.3 Å². The molecule has 0 aliphatic rings. The number of hydrogen-bond acceptors (Lipinski definition) is 5. The van der Waals surface area contributed by atoms with E-state index in [2.05, 4.69) is 10.1 Å². The molecule has 0 aliphatic heterocycles. The van der Waals surface area contributed by atoms with E-state index in [-0.39, 0.29) is 17.1 Å². The maximum absolute atomic E-state index is 10.8. The first-order valence-electron chi connectivity index (χ1n) is 4.81. The molecule has 0 radical (unpaired) electrons. The molecule has 2 aromatic rings. The molecule has 1 atom stereocenters. The number of para-hydroxylation sites is 1. The van der Waals surface area contributed by atoms with Gasteiger partial charge in [0, 0.05) is 6.07 Å². The molecule has 0 bridgehead atoms. The lowest BCUT2D eigenvalue weighted by molar-refractivity contribution is -0.384. The molecule has 1 unspecified atom stereocenters. The Kier molecular flexibility index (Phi) is 3.06. The van der Waals surface area contributed by atoms with Crippen LogP contribution < -0.4 is 0 Å². The van der Waals surface area contributed by atoms with Gasteiger partial charge in [-0.3, -0.25) is 10.1 Å². The lowest BCUT2D eigenvalue weighted by Gasteiger charge is -1.96. The van der Waals surface area contributed by atoms with E-state index in [0.717, 1.165) is 0 Å². The summed E-state index contributed by atoms with van der Waals surface area (Å²) >= 11 is 5.79. The van der Waals surface area contributed by atoms with Crippen LogP contribution in [-0.4, -0.2) is 15.1 Å². The maximum atomic E-state index is 10.8. The minimum absolute atomic E-state index is 0.0788. The van der Waals surface area contributed by atoms with Crippen LogP contribution in [-0.2, 0) is 0 Å². The Labute approximate surface area is 101 Å². The van der Waals surface area contributed by atoms with E-state index in [0.29, 0.717) is 5.82 Å². The van der Waals surface area contributed by atoms with Gasteiger partial charge in [0.15, 0.2) is 5.82 Å². The van der Waals surface area contributed by atoms with Crippen molar-refractivity contribution in [3.8, 4) is 11.5 Å². The molecule has 0 saturated heterocycles. The molecular weight excluding hydrogens is 246 g/mol. The summed E-state index contributed by atoms with van der Waals surface area (Å²) in [5, 5.41) is 14.1. The number of nitro benzene ring substituents is 1. The highest BCUT2D eigenvalue weighted by Gasteiger charge is 2.20. The molecule has 2 rings (SSSR count). The van der Waals surface area contributed by atoms with Gasteiger partial charge in [-0.05, 0) is 13.0 Å². The highest BCUT2D eigenvalue weighted by Crippen LogP contribution is 2.29. The van der Waals surface area contributed by atoms with Crippen molar-refractivity contribution in [2.75, 3.05) is 0 Å². The fourth-order valence-electron chi connectivity index (χ4n) is 1.32. The van der Waals surface area contributed by atoms with Crippen molar-refractivity contribution in [1.82, 2.24) is 10.1 Å². The van der Waals surface area contributed by atoms with Crippen LogP contribution in [0.4, 0.5) is 5.69 Å². The minimum Gasteiger partial charge on any atom is -0.334 e. The average Bonchev–Trinajstić information content (AvgIpc) is 2.78. The van der Waals surface area contributed by atoms with E-state index in [1.54, 1.807) is 25.1 Å². The molecule has 88 valence electrons. The molecule has 7 heteroatoms. The Morgan fingerprint density at radius 1 is 1.47 bits per heavy atom. The topological polar surface area (TPSA) is 82.1 Å². The second-order valence-corrected chi connectivity index (χ2v) is 4.00. The summed E-state index contributed by atoms with van der Waals surface area (Å²) < 4.78 is 4.95. The molecule has 0 spiro atoms. The van der Waals surface area contributed by atoms with E-state index in [9.17, 15) is 10.1 Å². The van der Waals surface area contributed by atoms with E-state index >= 15 is 0 Å². The maximum Gasteiger partial charge on any atom is 0.282 e. The molecule has 0 N–H and O–H groups in total. The first-order valence-corrected chi connectivity index (χ1v) is 5.24. The van der Waals surface area contributed by atoms with Crippen molar-refractivity contribution in [2.24, 2.45) is 0 Å². The van der Waals surface area contributed by atoms with Gasteiger partial charge in [-0.15, -0.1) is 11.6 Å². The Hall–Kier alpha value is -1.95. The number of hydrogen-bond donors (Lipinski definition) is 0. The minimum atomic E-state index is -0.497. The number of halogens is 1. The molecule has 17 heavy (non-hydrogen) atoms. The van der Waals surface area contributed by atoms with Gasteiger partial charge < -0.3 is 4.52 Å². The van der Waals surface area contributed by atoms with E-state index in [4.69, 9.17) is 16.1 Å². The van der Waals surface area contributed by atoms with Gasteiger partial charge in [0.1, 0.15) is 5.56 Å². The molecular formula is C10H8ClN3O3. The van der Waals surface area contributed by atoms with Crippen LogP contribution in [0.15, 0.2) is 28.8 Å². The van der Waals surface area contributed by atoms with Crippen LogP contribution in [0.25, 0.3) is 11.5 Å². The summed E-state index contributed by atoms with van der Waals surface area (Å²) in [5.74, 6) is 0.402. The standard InChI is InChI=1S/C10H8ClN3O3/c1-6(11)9-12-10(17-13-9)7-4-2-3-5-8(7)14(15)16/h2-6H,1H3. The van der Waals surface area contributed by atoms with Crippen molar-refractivity contribution in [2.45, 2.75) is 12.3 Å². The van der Waals surface area contributed by atoms with Crippen LogP contribution in [0.5, 0.6) is 0 Å². The van der Waals surface area contributed by atoms with Gasteiger partial charge in [-0.25, -0.2) is 0 Å². The first kappa shape index (κ1) is 11.5. The van der Waals surface area contributed by atoms with Gasteiger partial charge in [0.2, 0.25) is 0 Å². The average molecular weight is 254 g/mol. The largest absolute Gasteiger partial charge is 0.334 e. The summed E-state index contributed by atoms with van der Waals surface area (Å²) in [6.07, 6.45) is 0. The molecule has 0 fully saturated rings. The lowest BCUT2D eigenvalue weighted by atomic mass is 10.2. The molecule has 0 saturated carbocycles. The number of nitrogens with zero attached hydrogens (tertiary/aromatic N) is 3. The second-order valence-electron chi connectivity index (χ2n) is 3.35. The number of benzene rings is 1. The third-order valence-electron chi connectivity index (χ3n) is 2.13. The smallest absolute Gasteiger partial charge is 0.282 e. The van der Waals surface area contributed by atoms with Crippen molar-refractivity contribution in [3.05, 3.63) is 40.2 Å². The first-order chi connectivity index (χ1) is 8.09. The normalized spacial score (nSPS) is 12.4. The molecule has 1 heterocycles. The zero-order valence-electron chi connectivity index (χ0n) is 8.83. The summed E-state index contributed by atoms with van der Waals surface area (Å²) in [5.41, 5.74) is 0.207. The van der Waals surface area contributed by atoms with Gasteiger partial charge in [0.25, 0.3) is 11.6 Å². The molecule has 0 amide bonds. The SMILES string of the molecule is CC(Cl)c1noc(-c2ccccc2[N+](=O)[O-])n1. The fourth-order valence-corrected chi connectivity index (χ4v) is 1.41. The Morgan fingerprint density at radius 3 is 2.76 bits per heavy atom. The number of alkyl halides is 1. The van der Waals surface area contributed by atoms with E-state index in [1.165, 1.54) is 6.07 Å². The molecule has 1 aromatic heterocycles. The predicted octanol–water partition coefficient (Wildman–Crippen LogP) is 2.94. The van der Waals surface area contributed by atoms with Crippen LogP contribution in [0.3, 0.4) is 0 Å². The lowest BCUT2D eigenvalue weighted by Crippen LogP contribution is -1.92. The Morgan fingerprint density at radius 2 is 2.18 bits per heavy atom. The quantitative estimate of drug-likeness (QED) is 0.477. The van der Waals surface area contributed by atoms with Crippen molar-refractivity contribution in [1.29, 1.82) is 0 Å². The Bertz CT molecular complexity index is 553. The van der Waals surface area contributed by atoms with Crippen LogP contribution in [0, 0.1) is 10.1 Å². The second kappa shape index (κ2) is 4.50. The van der Waals surface area contributed by atoms with E-state index < -0.39 is 10.3 Å². The summed E-state index contributed by atoms with van der Waals surface area (Å²) in [6, 6.07) is 6.16. The summed E-state index contributed by atoms with van der Waals surface area (Å²) in [7, 11) is 0. The van der Waals surface area contributed by atoms with E-state index in [1.807, 2.05) is 0 Å². The predicted molar refractivity (Wildman–Crippen MR) is 60.7 cm³/mol. The van der Waals surface area contributed by atoms with Crippen LogP contribution >= 0.6 is 11.6 Å². The van der Waals surface area contributed by atoms with Crippen LogP contribution in [0.2, 0.25) is 0 Å². The van der Waals surface area contributed by atoms with Gasteiger partial charge in [-0.2, -0.15) is 4.98 Å². The molecule has 6 nitrogen and oxygen atoms in total. The molecule has 1 aromatic carbocycles. The number of nitro groups is 1. The van der Waals surface area contributed by atoms with Crippen LogP contribution in [0.1, 0.15) is 18.1 Å². The summed E-state index contributed by atoms with van der Waals surface area (Å²) in [4.78, 5) is 14.3. The van der Waals surface area contributed by atoms with Gasteiger partial charge in [0.05, 0.1) is 10.3 Å². The Balaban J connectivity index is 2.49. The monoisotopic (exact) mass is 253 g/mol. The molecule has 0 aliphatic carbocycles. The highest BCUT2D eigenvalue weighted by atomic mass is 35.5. The zero-order valence-corrected chi connectivity index (χ0v) is 9.59.